The van der Waals surface area contributed by atoms with Gasteiger partial charge in [0.05, 0.1) is 6.10 Å². The van der Waals surface area contributed by atoms with Crippen molar-refractivity contribution in [3.05, 3.63) is 23.5 Å². The standard InChI is InChI=1S/C20H26O6/c1-6-11(3)20(23)19(5)16-13(24-17(19)22)7-10(2)12-8-15(21)18(4,25-12)9-14(16)26-20/h7-8,11,13-14,16,23H,6,9H2,1-5H3/b10-7-/t11?,13-,14+,16-,18-,19-,20-/m1/s1. The van der Waals surface area contributed by atoms with E-state index in [0.717, 1.165) is 5.57 Å². The topological polar surface area (TPSA) is 82.1 Å². The van der Waals surface area contributed by atoms with Gasteiger partial charge in [-0.25, -0.2) is 0 Å². The number of rotatable bonds is 2. The van der Waals surface area contributed by atoms with Gasteiger partial charge in [0.25, 0.3) is 0 Å². The summed E-state index contributed by atoms with van der Waals surface area (Å²) in [5.41, 5.74) is -1.49. The predicted octanol–water partition coefficient (Wildman–Crippen LogP) is 2.26. The molecule has 0 aliphatic carbocycles. The van der Waals surface area contributed by atoms with E-state index in [0.29, 0.717) is 12.2 Å². The highest BCUT2D eigenvalue weighted by Gasteiger charge is 2.75. The lowest BCUT2D eigenvalue weighted by Crippen LogP contribution is -2.53. The van der Waals surface area contributed by atoms with E-state index in [-0.39, 0.29) is 24.0 Å². The van der Waals surface area contributed by atoms with Crippen molar-refractivity contribution < 1.29 is 28.9 Å². The van der Waals surface area contributed by atoms with E-state index in [9.17, 15) is 14.7 Å². The van der Waals surface area contributed by atoms with E-state index in [1.54, 1.807) is 13.8 Å². The number of allylic oxidation sites excluding steroid dienone is 1. The molecule has 142 valence electrons. The van der Waals surface area contributed by atoms with Crippen LogP contribution in [-0.4, -0.2) is 40.5 Å². The van der Waals surface area contributed by atoms with Gasteiger partial charge in [-0.2, -0.15) is 0 Å². The molecule has 2 fully saturated rings. The molecule has 4 heterocycles. The third-order valence-electron chi connectivity index (χ3n) is 6.96. The minimum absolute atomic E-state index is 0.117. The van der Waals surface area contributed by atoms with Crippen LogP contribution in [0, 0.1) is 17.3 Å². The number of ether oxygens (including phenoxy) is 3. The van der Waals surface area contributed by atoms with Gasteiger partial charge in [-0.05, 0) is 38.8 Å². The molecule has 0 saturated carbocycles. The van der Waals surface area contributed by atoms with Crippen molar-refractivity contribution in [3.8, 4) is 0 Å². The number of hydrogen-bond donors (Lipinski definition) is 1. The van der Waals surface area contributed by atoms with Crippen LogP contribution in [0.4, 0.5) is 0 Å². The van der Waals surface area contributed by atoms with E-state index in [4.69, 9.17) is 14.2 Å². The first-order valence-electron chi connectivity index (χ1n) is 9.32. The second-order valence-corrected chi connectivity index (χ2v) is 8.52. The van der Waals surface area contributed by atoms with Crippen LogP contribution in [-0.2, 0) is 23.8 Å². The molecule has 2 saturated heterocycles. The van der Waals surface area contributed by atoms with Gasteiger partial charge in [0.1, 0.15) is 17.3 Å². The Kier molecular flexibility index (Phi) is 3.55. The van der Waals surface area contributed by atoms with Gasteiger partial charge in [-0.15, -0.1) is 0 Å². The number of ketones is 1. The monoisotopic (exact) mass is 362 g/mol. The van der Waals surface area contributed by atoms with Gasteiger partial charge < -0.3 is 19.3 Å². The zero-order valence-electron chi connectivity index (χ0n) is 15.9. The maximum Gasteiger partial charge on any atom is 0.318 e. The largest absolute Gasteiger partial charge is 0.479 e. The summed E-state index contributed by atoms with van der Waals surface area (Å²) in [4.78, 5) is 25.5. The lowest BCUT2D eigenvalue weighted by Gasteiger charge is -2.38. The second-order valence-electron chi connectivity index (χ2n) is 8.52. The Labute approximate surface area is 153 Å². The van der Waals surface area contributed by atoms with Crippen LogP contribution in [0.15, 0.2) is 23.5 Å². The highest BCUT2D eigenvalue weighted by molar-refractivity contribution is 6.00. The molecule has 26 heavy (non-hydrogen) atoms. The molecule has 6 heteroatoms. The van der Waals surface area contributed by atoms with Crippen LogP contribution in [0.3, 0.4) is 0 Å². The number of hydrogen-bond acceptors (Lipinski definition) is 6. The van der Waals surface area contributed by atoms with Crippen molar-refractivity contribution in [2.75, 3.05) is 0 Å². The molecule has 0 spiro atoms. The Bertz CT molecular complexity index is 753. The van der Waals surface area contributed by atoms with Gasteiger partial charge in [0, 0.05) is 24.3 Å². The fourth-order valence-electron chi connectivity index (χ4n) is 5.03. The molecular formula is C20H26O6. The molecule has 7 atom stereocenters. The van der Waals surface area contributed by atoms with E-state index >= 15 is 0 Å². The zero-order valence-corrected chi connectivity index (χ0v) is 15.9. The molecule has 4 aliphatic heterocycles. The molecule has 0 amide bonds. The molecule has 4 aliphatic rings. The summed E-state index contributed by atoms with van der Waals surface area (Å²) in [6.45, 7) is 9.13. The van der Waals surface area contributed by atoms with Crippen molar-refractivity contribution >= 4 is 11.8 Å². The third kappa shape index (κ3) is 1.94. The van der Waals surface area contributed by atoms with Gasteiger partial charge in [0.2, 0.25) is 5.78 Å². The number of esters is 1. The lowest BCUT2D eigenvalue weighted by molar-refractivity contribution is -0.267. The van der Waals surface area contributed by atoms with Gasteiger partial charge in [-0.3, -0.25) is 9.59 Å². The number of carbonyl (C=O) groups excluding carboxylic acids is 2. The fourth-order valence-corrected chi connectivity index (χ4v) is 5.03. The summed E-state index contributed by atoms with van der Waals surface area (Å²) in [6.07, 6.45) is 3.19. The second kappa shape index (κ2) is 5.20. The van der Waals surface area contributed by atoms with Crippen molar-refractivity contribution in [1.29, 1.82) is 0 Å². The highest BCUT2D eigenvalue weighted by atomic mass is 16.7. The Hall–Kier alpha value is -1.66. The quantitative estimate of drug-likeness (QED) is 0.759. The summed E-state index contributed by atoms with van der Waals surface area (Å²) >= 11 is 0. The summed E-state index contributed by atoms with van der Waals surface area (Å²) < 4.78 is 17.8. The summed E-state index contributed by atoms with van der Waals surface area (Å²) in [5, 5.41) is 11.5. The van der Waals surface area contributed by atoms with Crippen LogP contribution in [0.2, 0.25) is 0 Å². The zero-order chi connectivity index (χ0) is 19.1. The fraction of sp³-hybridized carbons (Fsp3) is 0.700. The molecule has 2 bridgehead atoms. The molecule has 4 rings (SSSR count). The normalized spacial score (nSPS) is 49.8. The van der Waals surface area contributed by atoms with Crippen molar-refractivity contribution in [3.63, 3.8) is 0 Å². The molecule has 0 aromatic rings. The van der Waals surface area contributed by atoms with Gasteiger partial charge >= 0.3 is 5.97 Å². The Morgan fingerprint density at radius 2 is 2.04 bits per heavy atom. The Balaban J connectivity index is 1.87. The van der Waals surface area contributed by atoms with Gasteiger partial charge in [-0.1, -0.05) is 13.8 Å². The Morgan fingerprint density at radius 3 is 2.69 bits per heavy atom. The van der Waals surface area contributed by atoms with Crippen LogP contribution < -0.4 is 0 Å². The van der Waals surface area contributed by atoms with Crippen LogP contribution in [0.25, 0.3) is 0 Å². The summed E-state index contributed by atoms with van der Waals surface area (Å²) in [6, 6.07) is 0. The average molecular weight is 362 g/mol. The summed E-state index contributed by atoms with van der Waals surface area (Å²) in [7, 11) is 0. The molecular weight excluding hydrogens is 336 g/mol. The number of fused-ring (bicyclic) bond motifs is 2. The third-order valence-corrected chi connectivity index (χ3v) is 6.96. The smallest absolute Gasteiger partial charge is 0.318 e. The number of carbonyl (C=O) groups is 2. The van der Waals surface area contributed by atoms with E-state index in [1.807, 2.05) is 26.8 Å². The van der Waals surface area contributed by atoms with Crippen molar-refractivity contribution in [2.24, 2.45) is 17.3 Å². The minimum Gasteiger partial charge on any atom is -0.479 e. The molecule has 1 N–H and O–H groups in total. The van der Waals surface area contributed by atoms with Crippen LogP contribution in [0.1, 0.15) is 47.5 Å². The maximum atomic E-state index is 12.9. The van der Waals surface area contributed by atoms with Crippen molar-refractivity contribution in [1.82, 2.24) is 0 Å². The van der Waals surface area contributed by atoms with E-state index in [1.165, 1.54) is 6.08 Å². The molecule has 6 nitrogen and oxygen atoms in total. The first kappa shape index (κ1) is 17.7. The predicted molar refractivity (Wildman–Crippen MR) is 91.7 cm³/mol. The summed E-state index contributed by atoms with van der Waals surface area (Å²) in [5.74, 6) is -2.33. The minimum atomic E-state index is -1.64. The maximum absolute atomic E-state index is 12.9. The lowest BCUT2D eigenvalue weighted by atomic mass is 9.66. The van der Waals surface area contributed by atoms with E-state index < -0.39 is 35.0 Å². The average Bonchev–Trinajstić information content (AvgIpc) is 3.09. The SMILES string of the molecule is CCC(C)[C@@]1(O)O[C@H]2C[C@@]3(C)OC(=CC3=O)/C(C)=C\[C@H]3OC(=O)[C@@]1(C)[C@@H]23. The van der Waals surface area contributed by atoms with Gasteiger partial charge in [0.15, 0.2) is 11.4 Å². The molecule has 1 unspecified atom stereocenters. The highest BCUT2D eigenvalue weighted by Crippen LogP contribution is 2.61. The molecule has 0 radical (unpaired) electrons. The van der Waals surface area contributed by atoms with Crippen LogP contribution in [0.5, 0.6) is 0 Å². The Morgan fingerprint density at radius 1 is 1.35 bits per heavy atom. The van der Waals surface area contributed by atoms with Crippen molar-refractivity contribution in [2.45, 2.75) is 71.1 Å². The first-order valence-corrected chi connectivity index (χ1v) is 9.32. The van der Waals surface area contributed by atoms with E-state index in [2.05, 4.69) is 0 Å². The first-order chi connectivity index (χ1) is 12.1. The number of aliphatic hydroxyl groups is 1. The molecule has 0 aromatic heterocycles. The van der Waals surface area contributed by atoms with Crippen LogP contribution >= 0.6 is 0 Å². The molecule has 0 aromatic carbocycles.